The van der Waals surface area contributed by atoms with Crippen LogP contribution in [0.15, 0.2) is 42.0 Å². The van der Waals surface area contributed by atoms with Crippen molar-refractivity contribution in [3.05, 3.63) is 48.2 Å². The van der Waals surface area contributed by atoms with Crippen molar-refractivity contribution in [2.75, 3.05) is 7.05 Å². The van der Waals surface area contributed by atoms with Gasteiger partial charge in [0.15, 0.2) is 0 Å². The first-order valence-electron chi connectivity index (χ1n) is 4.94. The summed E-state index contributed by atoms with van der Waals surface area (Å²) in [5.74, 6) is 0. The quantitative estimate of drug-likeness (QED) is 0.584. The van der Waals surface area contributed by atoms with Crippen LogP contribution in [0.25, 0.3) is 0 Å². The molecule has 1 aromatic carbocycles. The Labute approximate surface area is 98.1 Å². The van der Waals surface area contributed by atoms with Gasteiger partial charge in [0.25, 0.3) is 0 Å². The van der Waals surface area contributed by atoms with Crippen molar-refractivity contribution in [3.8, 4) is 0 Å². The maximum absolute atomic E-state index is 12.5. The summed E-state index contributed by atoms with van der Waals surface area (Å²) >= 11 is 0. The molecule has 0 fully saturated rings. The molecule has 0 saturated heterocycles. The molecule has 0 spiro atoms. The van der Waals surface area contributed by atoms with Crippen LogP contribution in [0.4, 0.5) is 13.2 Å². The first-order chi connectivity index (χ1) is 7.97. The number of alkyl halides is 3. The van der Waals surface area contributed by atoms with Crippen LogP contribution in [0.1, 0.15) is 11.1 Å². The van der Waals surface area contributed by atoms with E-state index >= 15 is 0 Å². The van der Waals surface area contributed by atoms with E-state index in [1.807, 2.05) is 0 Å². The molecular formula is C12H13F3N2. The summed E-state index contributed by atoms with van der Waals surface area (Å²) in [6.45, 7) is 3.87. The molecule has 0 unspecified atom stereocenters. The van der Waals surface area contributed by atoms with E-state index in [1.54, 1.807) is 18.0 Å². The third kappa shape index (κ3) is 3.94. The molecule has 0 saturated carbocycles. The lowest BCUT2D eigenvalue weighted by molar-refractivity contribution is -0.137. The average molecular weight is 242 g/mol. The number of aliphatic imine (C=N–C) groups is 1. The second kappa shape index (κ2) is 5.52. The van der Waals surface area contributed by atoms with Crippen molar-refractivity contribution in [2.45, 2.75) is 12.7 Å². The minimum Gasteiger partial charge on any atom is -0.336 e. The Hall–Kier alpha value is -1.78. The van der Waals surface area contributed by atoms with Crippen molar-refractivity contribution < 1.29 is 13.2 Å². The fourth-order valence-electron chi connectivity index (χ4n) is 1.36. The van der Waals surface area contributed by atoms with Crippen LogP contribution in [-0.2, 0) is 12.7 Å². The Bertz CT molecular complexity index is 410. The van der Waals surface area contributed by atoms with E-state index in [0.29, 0.717) is 12.1 Å². The van der Waals surface area contributed by atoms with Gasteiger partial charge in [0.2, 0.25) is 0 Å². The van der Waals surface area contributed by atoms with Crippen molar-refractivity contribution in [1.82, 2.24) is 4.90 Å². The molecule has 0 aromatic heterocycles. The second-order valence-corrected chi connectivity index (χ2v) is 3.43. The predicted molar refractivity (Wildman–Crippen MR) is 61.6 cm³/mol. The molecule has 0 bridgehead atoms. The molecule has 1 aromatic rings. The molecule has 0 atom stereocenters. The molecule has 0 amide bonds. The Morgan fingerprint density at radius 2 is 2.12 bits per heavy atom. The molecule has 5 heteroatoms. The molecule has 2 nitrogen and oxygen atoms in total. The maximum atomic E-state index is 12.5. The van der Waals surface area contributed by atoms with Gasteiger partial charge in [-0.05, 0) is 23.9 Å². The topological polar surface area (TPSA) is 15.6 Å². The van der Waals surface area contributed by atoms with Gasteiger partial charge in [0.1, 0.15) is 0 Å². The normalized spacial score (nSPS) is 11.8. The highest BCUT2D eigenvalue weighted by Gasteiger charge is 2.30. The summed E-state index contributed by atoms with van der Waals surface area (Å²) in [7, 11) is 1.59. The second-order valence-electron chi connectivity index (χ2n) is 3.43. The first-order valence-corrected chi connectivity index (χ1v) is 4.94. The molecule has 0 N–H and O–H groups in total. The van der Waals surface area contributed by atoms with E-state index in [0.717, 1.165) is 12.1 Å². The van der Waals surface area contributed by atoms with Crippen molar-refractivity contribution >= 4 is 6.34 Å². The van der Waals surface area contributed by atoms with Gasteiger partial charge in [-0.1, -0.05) is 18.7 Å². The van der Waals surface area contributed by atoms with Gasteiger partial charge in [0.05, 0.1) is 11.9 Å². The van der Waals surface area contributed by atoms with Crippen LogP contribution in [0.5, 0.6) is 0 Å². The minimum absolute atomic E-state index is 0.310. The van der Waals surface area contributed by atoms with Crippen molar-refractivity contribution in [1.29, 1.82) is 0 Å². The molecular weight excluding hydrogens is 229 g/mol. The summed E-state index contributed by atoms with van der Waals surface area (Å²) in [5, 5.41) is 0. The van der Waals surface area contributed by atoms with Gasteiger partial charge in [0, 0.05) is 13.6 Å². The number of hydrogen-bond acceptors (Lipinski definition) is 1. The maximum Gasteiger partial charge on any atom is 0.416 e. The van der Waals surface area contributed by atoms with Gasteiger partial charge in [-0.15, -0.1) is 0 Å². The number of nitrogens with zero attached hydrogens (tertiary/aromatic N) is 2. The number of halogens is 3. The molecule has 1 rings (SSSR count). The summed E-state index contributed by atoms with van der Waals surface area (Å²) in [4.78, 5) is 5.39. The SMILES string of the molecule is C=CN(/C=N\C)Cc1cccc(C(F)(F)F)c1. The fraction of sp³-hybridized carbons (Fsp3) is 0.250. The summed E-state index contributed by atoms with van der Waals surface area (Å²) in [6.07, 6.45) is -1.30. The lowest BCUT2D eigenvalue weighted by Crippen LogP contribution is -2.14. The van der Waals surface area contributed by atoms with E-state index in [2.05, 4.69) is 11.6 Å². The highest BCUT2D eigenvalue weighted by molar-refractivity contribution is 5.56. The van der Waals surface area contributed by atoms with Gasteiger partial charge in [-0.2, -0.15) is 13.2 Å². The van der Waals surface area contributed by atoms with Gasteiger partial charge in [-0.25, -0.2) is 0 Å². The first kappa shape index (κ1) is 13.3. The highest BCUT2D eigenvalue weighted by Crippen LogP contribution is 2.29. The van der Waals surface area contributed by atoms with Crippen LogP contribution >= 0.6 is 0 Å². The van der Waals surface area contributed by atoms with Crippen LogP contribution in [0, 0.1) is 0 Å². The Kier molecular flexibility index (Phi) is 4.31. The zero-order valence-corrected chi connectivity index (χ0v) is 9.41. The Balaban J connectivity index is 2.89. The van der Waals surface area contributed by atoms with Crippen molar-refractivity contribution in [2.24, 2.45) is 4.99 Å². The molecule has 0 aliphatic carbocycles. The van der Waals surface area contributed by atoms with Gasteiger partial charge in [-0.3, -0.25) is 4.99 Å². The van der Waals surface area contributed by atoms with Gasteiger partial charge >= 0.3 is 6.18 Å². The minimum atomic E-state index is -4.31. The molecule has 0 heterocycles. The smallest absolute Gasteiger partial charge is 0.336 e. The molecule has 17 heavy (non-hydrogen) atoms. The Morgan fingerprint density at radius 3 is 2.65 bits per heavy atom. The summed E-state index contributed by atoms with van der Waals surface area (Å²) in [6, 6.07) is 5.20. The average Bonchev–Trinajstić information content (AvgIpc) is 2.28. The third-order valence-electron chi connectivity index (χ3n) is 2.12. The third-order valence-corrected chi connectivity index (χ3v) is 2.12. The summed E-state index contributed by atoms with van der Waals surface area (Å²) < 4.78 is 37.4. The Morgan fingerprint density at radius 1 is 1.41 bits per heavy atom. The predicted octanol–water partition coefficient (Wildman–Crippen LogP) is 3.31. The zero-order chi connectivity index (χ0) is 12.9. The number of rotatable bonds is 4. The van der Waals surface area contributed by atoms with E-state index in [4.69, 9.17) is 0 Å². The van der Waals surface area contributed by atoms with Gasteiger partial charge < -0.3 is 4.90 Å². The summed E-state index contributed by atoms with van der Waals surface area (Å²) in [5.41, 5.74) is -0.0907. The molecule has 0 aliphatic heterocycles. The molecule has 92 valence electrons. The zero-order valence-electron chi connectivity index (χ0n) is 9.41. The molecule has 0 aliphatic rings. The lowest BCUT2D eigenvalue weighted by Gasteiger charge is -2.15. The van der Waals surface area contributed by atoms with E-state index in [1.165, 1.54) is 18.6 Å². The van der Waals surface area contributed by atoms with E-state index < -0.39 is 11.7 Å². The van der Waals surface area contributed by atoms with E-state index in [-0.39, 0.29) is 0 Å². The number of hydrogen-bond donors (Lipinski definition) is 0. The van der Waals surface area contributed by atoms with E-state index in [9.17, 15) is 13.2 Å². The van der Waals surface area contributed by atoms with Crippen LogP contribution in [0.3, 0.4) is 0 Å². The molecule has 0 radical (unpaired) electrons. The fourth-order valence-corrected chi connectivity index (χ4v) is 1.36. The van der Waals surface area contributed by atoms with Crippen LogP contribution in [-0.4, -0.2) is 18.3 Å². The van der Waals surface area contributed by atoms with Crippen molar-refractivity contribution in [3.63, 3.8) is 0 Å². The standard InChI is InChI=1S/C12H13F3N2/c1-3-17(9-16-2)8-10-5-4-6-11(7-10)12(13,14)15/h3-7,9H,1,8H2,2H3/b16-9-. The monoisotopic (exact) mass is 242 g/mol. The van der Waals surface area contributed by atoms with Crippen LogP contribution < -0.4 is 0 Å². The lowest BCUT2D eigenvalue weighted by atomic mass is 10.1. The van der Waals surface area contributed by atoms with Crippen LogP contribution in [0.2, 0.25) is 0 Å². The highest BCUT2D eigenvalue weighted by atomic mass is 19.4. The number of benzene rings is 1. The largest absolute Gasteiger partial charge is 0.416 e.